The summed E-state index contributed by atoms with van der Waals surface area (Å²) in [7, 11) is 0. The molecule has 1 saturated carbocycles. The maximum atomic E-state index is 11.7. The number of amides is 3. The normalized spacial score (nSPS) is 25.0. The van der Waals surface area contributed by atoms with Gasteiger partial charge in [0.25, 0.3) is 0 Å². The third kappa shape index (κ3) is 3.03. The predicted molar refractivity (Wildman–Crippen MR) is 59.9 cm³/mol. The van der Waals surface area contributed by atoms with Gasteiger partial charge < -0.3 is 5.32 Å². The van der Waals surface area contributed by atoms with Gasteiger partial charge in [-0.2, -0.15) is 0 Å². The van der Waals surface area contributed by atoms with Crippen LogP contribution in [0.3, 0.4) is 0 Å². The minimum absolute atomic E-state index is 0.114. The van der Waals surface area contributed by atoms with E-state index in [0.29, 0.717) is 12.5 Å². The molecule has 94 valence electrons. The summed E-state index contributed by atoms with van der Waals surface area (Å²) in [6.07, 6.45) is 2.31. The van der Waals surface area contributed by atoms with Crippen molar-refractivity contribution in [3.05, 3.63) is 0 Å². The first-order chi connectivity index (χ1) is 8.08. The van der Waals surface area contributed by atoms with E-state index in [1.54, 1.807) is 6.92 Å². The van der Waals surface area contributed by atoms with E-state index in [4.69, 9.17) is 0 Å². The molecule has 6 nitrogen and oxygen atoms in total. The highest BCUT2D eigenvalue weighted by molar-refractivity contribution is 6.03. The minimum atomic E-state index is -0.399. The molecule has 2 rings (SSSR count). The summed E-state index contributed by atoms with van der Waals surface area (Å²) in [4.78, 5) is 35.8. The Hall–Kier alpha value is -1.43. The molecule has 1 saturated heterocycles. The summed E-state index contributed by atoms with van der Waals surface area (Å²) in [5.41, 5.74) is 0. The van der Waals surface area contributed by atoms with E-state index in [2.05, 4.69) is 10.6 Å². The lowest BCUT2D eigenvalue weighted by Gasteiger charge is -2.29. The van der Waals surface area contributed by atoms with Crippen molar-refractivity contribution in [2.75, 3.05) is 19.6 Å². The van der Waals surface area contributed by atoms with Gasteiger partial charge in [-0.1, -0.05) is 0 Å². The van der Waals surface area contributed by atoms with Gasteiger partial charge in [-0.15, -0.1) is 0 Å². The molecule has 17 heavy (non-hydrogen) atoms. The van der Waals surface area contributed by atoms with E-state index in [1.807, 2.05) is 0 Å². The first-order valence-corrected chi connectivity index (χ1v) is 5.92. The zero-order valence-corrected chi connectivity index (χ0v) is 9.86. The number of imide groups is 1. The predicted octanol–water partition coefficient (Wildman–Crippen LogP) is -1.14. The number of hydrogen-bond acceptors (Lipinski definition) is 4. The van der Waals surface area contributed by atoms with Crippen LogP contribution in [0.1, 0.15) is 19.8 Å². The van der Waals surface area contributed by atoms with E-state index >= 15 is 0 Å². The van der Waals surface area contributed by atoms with Crippen LogP contribution in [-0.2, 0) is 14.4 Å². The zero-order chi connectivity index (χ0) is 12.4. The van der Waals surface area contributed by atoms with Crippen molar-refractivity contribution in [1.82, 2.24) is 15.5 Å². The molecule has 0 bridgehead atoms. The number of rotatable bonds is 4. The third-order valence-corrected chi connectivity index (χ3v) is 3.08. The molecule has 1 heterocycles. The summed E-state index contributed by atoms with van der Waals surface area (Å²) < 4.78 is 0. The number of nitrogens with zero attached hydrogens (tertiary/aromatic N) is 1. The fourth-order valence-electron chi connectivity index (χ4n) is 1.73. The molecule has 2 aliphatic rings. The van der Waals surface area contributed by atoms with Gasteiger partial charge >= 0.3 is 0 Å². The van der Waals surface area contributed by atoms with E-state index in [-0.39, 0.29) is 30.8 Å². The second kappa shape index (κ2) is 4.83. The Bertz CT molecular complexity index is 352. The molecule has 2 fully saturated rings. The Morgan fingerprint density at radius 2 is 2.18 bits per heavy atom. The van der Waals surface area contributed by atoms with Gasteiger partial charge in [0.1, 0.15) is 6.54 Å². The van der Waals surface area contributed by atoms with Gasteiger partial charge in [-0.05, 0) is 25.7 Å². The van der Waals surface area contributed by atoms with Crippen LogP contribution in [0.5, 0.6) is 0 Å². The molecular formula is C11H17N3O3. The summed E-state index contributed by atoms with van der Waals surface area (Å²) in [6, 6.07) is -0.399. The van der Waals surface area contributed by atoms with Crippen molar-refractivity contribution in [3.8, 4) is 0 Å². The zero-order valence-electron chi connectivity index (χ0n) is 9.86. The van der Waals surface area contributed by atoms with Crippen LogP contribution in [0, 0.1) is 5.92 Å². The molecular weight excluding hydrogens is 222 g/mol. The average Bonchev–Trinajstić information content (AvgIpc) is 3.11. The number of carbonyl (C=O) groups excluding carboxylic acids is 3. The Morgan fingerprint density at radius 3 is 2.82 bits per heavy atom. The van der Waals surface area contributed by atoms with Crippen molar-refractivity contribution in [3.63, 3.8) is 0 Å². The fraction of sp³-hybridized carbons (Fsp3) is 0.727. The van der Waals surface area contributed by atoms with Crippen molar-refractivity contribution in [1.29, 1.82) is 0 Å². The number of nitrogens with one attached hydrogen (secondary N) is 2. The minimum Gasteiger partial charge on any atom is -0.354 e. The van der Waals surface area contributed by atoms with Gasteiger partial charge in [0.2, 0.25) is 17.7 Å². The van der Waals surface area contributed by atoms with Crippen LogP contribution >= 0.6 is 0 Å². The van der Waals surface area contributed by atoms with Crippen molar-refractivity contribution in [2.24, 2.45) is 5.92 Å². The first-order valence-electron chi connectivity index (χ1n) is 5.92. The molecule has 3 amide bonds. The van der Waals surface area contributed by atoms with Crippen LogP contribution < -0.4 is 10.6 Å². The Labute approximate surface area is 99.7 Å². The molecule has 0 aromatic rings. The maximum Gasteiger partial charge on any atom is 0.246 e. The Kier molecular flexibility index (Phi) is 3.42. The highest BCUT2D eigenvalue weighted by Gasteiger charge is 2.32. The molecule has 0 aromatic carbocycles. The van der Waals surface area contributed by atoms with Crippen LogP contribution in [-0.4, -0.2) is 48.3 Å². The summed E-state index contributed by atoms with van der Waals surface area (Å²) in [5, 5.41) is 5.51. The van der Waals surface area contributed by atoms with E-state index in [1.165, 1.54) is 0 Å². The van der Waals surface area contributed by atoms with Crippen molar-refractivity contribution >= 4 is 17.7 Å². The largest absolute Gasteiger partial charge is 0.354 e. The lowest BCUT2D eigenvalue weighted by atomic mass is 10.2. The van der Waals surface area contributed by atoms with E-state index < -0.39 is 6.04 Å². The second-order valence-electron chi connectivity index (χ2n) is 4.67. The van der Waals surface area contributed by atoms with Crippen LogP contribution in [0.25, 0.3) is 0 Å². The molecule has 0 aromatic heterocycles. The van der Waals surface area contributed by atoms with Gasteiger partial charge in [-0.25, -0.2) is 0 Å². The third-order valence-electron chi connectivity index (χ3n) is 3.08. The molecule has 6 heteroatoms. The standard InChI is InChI=1S/C11H17N3O3/c1-7-11(17)14(10(16)5-12-7)6-9(15)13-4-8-2-3-8/h7-8,12H,2-6H2,1H3,(H,13,15). The van der Waals surface area contributed by atoms with Crippen molar-refractivity contribution < 1.29 is 14.4 Å². The SMILES string of the molecule is CC1NCC(=O)N(CC(=O)NCC2CC2)C1=O. The number of hydrogen-bond donors (Lipinski definition) is 2. The van der Waals surface area contributed by atoms with Crippen LogP contribution in [0.2, 0.25) is 0 Å². The van der Waals surface area contributed by atoms with Crippen LogP contribution in [0.4, 0.5) is 0 Å². The molecule has 1 aliphatic heterocycles. The maximum absolute atomic E-state index is 11.7. The van der Waals surface area contributed by atoms with Gasteiger partial charge in [0.05, 0.1) is 12.6 Å². The van der Waals surface area contributed by atoms with Crippen molar-refractivity contribution in [2.45, 2.75) is 25.8 Å². The summed E-state index contributed by atoms with van der Waals surface area (Å²) in [6.45, 7) is 2.30. The summed E-state index contributed by atoms with van der Waals surface area (Å²) >= 11 is 0. The lowest BCUT2D eigenvalue weighted by molar-refractivity contribution is -0.151. The topological polar surface area (TPSA) is 78.5 Å². The molecule has 1 atom stereocenters. The molecule has 2 N–H and O–H groups in total. The van der Waals surface area contributed by atoms with Gasteiger partial charge in [0.15, 0.2) is 0 Å². The average molecular weight is 239 g/mol. The highest BCUT2D eigenvalue weighted by atomic mass is 16.2. The van der Waals surface area contributed by atoms with E-state index in [0.717, 1.165) is 17.7 Å². The Balaban J connectivity index is 1.84. The monoisotopic (exact) mass is 239 g/mol. The molecule has 1 aliphatic carbocycles. The number of carbonyl (C=O) groups is 3. The quantitative estimate of drug-likeness (QED) is 0.608. The second-order valence-corrected chi connectivity index (χ2v) is 4.67. The Morgan fingerprint density at radius 1 is 1.47 bits per heavy atom. The number of piperazine rings is 1. The van der Waals surface area contributed by atoms with Gasteiger partial charge in [-0.3, -0.25) is 24.6 Å². The van der Waals surface area contributed by atoms with Gasteiger partial charge in [0, 0.05) is 6.54 Å². The van der Waals surface area contributed by atoms with Crippen LogP contribution in [0.15, 0.2) is 0 Å². The first kappa shape index (κ1) is 12.0. The van der Waals surface area contributed by atoms with E-state index in [9.17, 15) is 14.4 Å². The molecule has 1 unspecified atom stereocenters. The smallest absolute Gasteiger partial charge is 0.246 e. The molecule has 0 radical (unpaired) electrons. The lowest BCUT2D eigenvalue weighted by Crippen LogP contribution is -2.58. The molecule has 0 spiro atoms. The fourth-order valence-corrected chi connectivity index (χ4v) is 1.73. The highest BCUT2D eigenvalue weighted by Crippen LogP contribution is 2.27. The summed E-state index contributed by atoms with van der Waals surface area (Å²) in [5.74, 6) is -0.336.